The highest BCUT2D eigenvalue weighted by Crippen LogP contribution is 2.29. The summed E-state index contributed by atoms with van der Waals surface area (Å²) in [5.41, 5.74) is 8.89. The van der Waals surface area contributed by atoms with Crippen LogP contribution in [0.1, 0.15) is 94.6 Å². The van der Waals surface area contributed by atoms with Gasteiger partial charge in [0.2, 0.25) is 0 Å². The van der Waals surface area contributed by atoms with E-state index < -0.39 is 0 Å². The molecule has 0 aliphatic rings. The molecule has 0 aliphatic heterocycles. The van der Waals surface area contributed by atoms with E-state index in [0.29, 0.717) is 5.56 Å². The molecule has 0 bridgehead atoms. The van der Waals surface area contributed by atoms with Crippen LogP contribution >= 0.6 is 12.4 Å². The van der Waals surface area contributed by atoms with Crippen LogP contribution in [-0.4, -0.2) is 59.5 Å². The molecule has 10 heteroatoms. The highest BCUT2D eigenvalue weighted by atomic mass is 35.5. The first-order valence-electron chi connectivity index (χ1n) is 26.9. The normalized spacial score (nSPS) is 11.8. The van der Waals surface area contributed by atoms with E-state index in [9.17, 15) is 9.50 Å². The van der Waals surface area contributed by atoms with E-state index in [1.54, 1.807) is 19.1 Å². The number of aliphatic hydroxyl groups excluding tert-OH is 1. The molecule has 0 spiro atoms. The maximum Gasteiger partial charge on any atom is 0.126 e. The summed E-state index contributed by atoms with van der Waals surface area (Å²) in [6, 6.07) is 72.1. The topological polar surface area (TPSA) is 96.0 Å². The molecule has 0 aliphatic carbocycles. The monoisotopic (exact) mass is 1080 g/mol. The van der Waals surface area contributed by atoms with E-state index in [1.807, 2.05) is 137 Å². The Bertz CT molecular complexity index is 2490. The van der Waals surface area contributed by atoms with Crippen molar-refractivity contribution in [3.8, 4) is 17.2 Å². The van der Waals surface area contributed by atoms with E-state index in [-0.39, 0.29) is 42.6 Å². The lowest BCUT2D eigenvalue weighted by atomic mass is 10.1. The van der Waals surface area contributed by atoms with Gasteiger partial charge in [-0.3, -0.25) is 0 Å². The average molecular weight is 1080 g/mol. The number of aryl methyl sites for hydroxylation is 4. The number of hydrogen-bond acceptors (Lipinski definition) is 8. The van der Waals surface area contributed by atoms with E-state index >= 15 is 0 Å². The molecule has 8 nitrogen and oxygen atoms in total. The van der Waals surface area contributed by atoms with Gasteiger partial charge in [-0.15, -0.1) is 12.4 Å². The summed E-state index contributed by atoms with van der Waals surface area (Å²) in [6.45, 7) is 11.6. The van der Waals surface area contributed by atoms with Crippen molar-refractivity contribution < 1.29 is 23.7 Å². The molecule has 78 heavy (non-hydrogen) atoms. The summed E-state index contributed by atoms with van der Waals surface area (Å²) in [7, 11) is 7.79. The second kappa shape index (κ2) is 39.5. The van der Waals surface area contributed by atoms with Gasteiger partial charge in [0.05, 0.1) is 6.10 Å². The Morgan fingerprint density at radius 3 is 0.833 bits per heavy atom. The molecule has 0 heterocycles. The van der Waals surface area contributed by atoms with Crippen molar-refractivity contribution in [3.05, 3.63) is 269 Å². The summed E-state index contributed by atoms with van der Waals surface area (Å²) in [6.07, 6.45) is 3.57. The number of nitrogens with one attached hydrogen (secondary N) is 4. The number of ether oxygens (including phenoxy) is 3. The number of para-hydroxylation sites is 3. The van der Waals surface area contributed by atoms with E-state index in [2.05, 4.69) is 133 Å². The van der Waals surface area contributed by atoms with Crippen LogP contribution in [0.15, 0.2) is 218 Å². The van der Waals surface area contributed by atoms with Crippen molar-refractivity contribution in [1.29, 1.82) is 0 Å². The van der Waals surface area contributed by atoms with Gasteiger partial charge in [0.25, 0.3) is 0 Å². The van der Waals surface area contributed by atoms with Crippen molar-refractivity contribution in [2.75, 3.05) is 54.4 Å². The second-order valence-corrected chi connectivity index (χ2v) is 18.6. The third kappa shape index (κ3) is 25.1. The lowest BCUT2D eigenvalue weighted by molar-refractivity contribution is 0.167. The summed E-state index contributed by atoms with van der Waals surface area (Å²) in [5, 5.41) is 22.2. The maximum absolute atomic E-state index is 12.3. The lowest BCUT2D eigenvalue weighted by Gasteiger charge is -2.20. The first-order chi connectivity index (χ1) is 37.6. The van der Waals surface area contributed by atoms with Crippen LogP contribution in [0.25, 0.3) is 0 Å². The van der Waals surface area contributed by atoms with Gasteiger partial charge in [-0.05, 0) is 157 Å². The highest BCUT2D eigenvalue weighted by Gasteiger charge is 2.16. The number of benzene rings is 8. The largest absolute Gasteiger partial charge is 0.485 e. The molecule has 416 valence electrons. The molecule has 0 fully saturated rings. The number of hydrogen-bond donors (Lipinski definition) is 5. The van der Waals surface area contributed by atoms with Gasteiger partial charge in [0.1, 0.15) is 41.4 Å². The Balaban J connectivity index is 0.000000263. The minimum atomic E-state index is -0.335. The van der Waals surface area contributed by atoms with Crippen LogP contribution in [0.5, 0.6) is 17.2 Å². The minimum Gasteiger partial charge on any atom is -0.485 e. The van der Waals surface area contributed by atoms with Gasteiger partial charge in [-0.2, -0.15) is 0 Å². The molecule has 0 aromatic heterocycles. The molecule has 2 unspecified atom stereocenters. The first kappa shape index (κ1) is 65.5. The fraction of sp³-hybridized carbons (Fsp3) is 0.294. The lowest BCUT2D eigenvalue weighted by Crippen LogP contribution is -2.16. The fourth-order valence-corrected chi connectivity index (χ4v) is 7.91. The Morgan fingerprint density at radius 1 is 0.333 bits per heavy atom. The molecule has 8 aromatic carbocycles. The van der Waals surface area contributed by atoms with E-state index in [1.165, 1.54) is 39.4 Å². The summed E-state index contributed by atoms with van der Waals surface area (Å²) in [4.78, 5) is 0. The molecule has 0 radical (unpaired) electrons. The molecule has 8 aromatic rings. The van der Waals surface area contributed by atoms with Gasteiger partial charge >= 0.3 is 0 Å². The average Bonchev–Trinajstić information content (AvgIpc) is 3.48. The summed E-state index contributed by atoms with van der Waals surface area (Å²) < 4.78 is 30.9. The quantitative estimate of drug-likeness (QED) is 0.0458. The van der Waals surface area contributed by atoms with Crippen molar-refractivity contribution in [1.82, 2.24) is 21.3 Å². The molecule has 0 saturated heterocycles. The molecule has 4 atom stereocenters. The van der Waals surface area contributed by atoms with Crippen LogP contribution in [0, 0.1) is 33.5 Å². The van der Waals surface area contributed by atoms with Gasteiger partial charge < -0.3 is 40.6 Å². The smallest absolute Gasteiger partial charge is 0.126 e. The predicted molar refractivity (Wildman–Crippen MR) is 327 cm³/mol. The highest BCUT2D eigenvalue weighted by molar-refractivity contribution is 5.85. The van der Waals surface area contributed by atoms with Gasteiger partial charge in [-0.1, -0.05) is 194 Å². The Labute approximate surface area is 473 Å². The summed E-state index contributed by atoms with van der Waals surface area (Å²) >= 11 is 0. The van der Waals surface area contributed by atoms with Crippen LogP contribution in [0.4, 0.5) is 4.39 Å². The van der Waals surface area contributed by atoms with Gasteiger partial charge in [0, 0.05) is 19.3 Å². The number of halogens is 2. The summed E-state index contributed by atoms with van der Waals surface area (Å²) in [5.74, 6) is 2.76. The fourth-order valence-electron chi connectivity index (χ4n) is 7.91. The van der Waals surface area contributed by atoms with Crippen molar-refractivity contribution in [2.45, 2.75) is 77.8 Å². The molecule has 8 rings (SSSR count). The molecule has 0 saturated carbocycles. The zero-order chi connectivity index (χ0) is 55.3. The van der Waals surface area contributed by atoms with E-state index in [4.69, 9.17) is 14.2 Å². The van der Waals surface area contributed by atoms with Crippen molar-refractivity contribution in [3.63, 3.8) is 0 Å². The predicted octanol–water partition coefficient (Wildman–Crippen LogP) is 15.1. The van der Waals surface area contributed by atoms with E-state index in [0.717, 1.165) is 74.7 Å². The SMILES string of the molecule is CNCCC(O)c1ccccc1.CNCCC(Oc1ccccc1C)c1ccccc1.CNCC[C@@H](Oc1ccccc1C)c1ccccc1.CNCC[C@@H](Oc1ccccc1C)c1ccccc1.Cc1ccccc1F.Cl. The molecular formula is C68H86ClFN4O4. The zero-order valence-corrected chi connectivity index (χ0v) is 48.0. The third-order valence-corrected chi connectivity index (χ3v) is 12.5. The number of rotatable bonds is 22. The first-order valence-corrected chi connectivity index (χ1v) is 26.9. The maximum atomic E-state index is 12.3. The van der Waals surface area contributed by atoms with Gasteiger partial charge in [-0.25, -0.2) is 4.39 Å². The zero-order valence-electron chi connectivity index (χ0n) is 47.2. The molecular weight excluding hydrogens is 991 g/mol. The second-order valence-electron chi connectivity index (χ2n) is 18.6. The van der Waals surface area contributed by atoms with Crippen LogP contribution in [0.3, 0.4) is 0 Å². The van der Waals surface area contributed by atoms with Crippen molar-refractivity contribution in [2.24, 2.45) is 0 Å². The number of aliphatic hydroxyl groups is 1. The standard InChI is InChI=1S/3C17H21NO.C10H15NO.C7H7F.ClH/c3*1-14-8-6-7-11-16(14)19-17(12-13-18-2)15-9-4-3-5-10-15;1-11-8-7-10(12)9-5-3-2-4-6-9;1-6-4-2-3-5-7(6)8;/h3*3-11,17-18H,12-13H2,1-2H3;2-6,10-12H,7-8H2,1H3;2-5H,1H3;1H/t2*17-;;;;/m11..../s1. The van der Waals surface area contributed by atoms with Crippen LogP contribution in [-0.2, 0) is 0 Å². The van der Waals surface area contributed by atoms with Crippen LogP contribution in [0.2, 0.25) is 0 Å². The minimum absolute atomic E-state index is 0. The van der Waals surface area contributed by atoms with Crippen LogP contribution < -0.4 is 35.5 Å². The molecule has 0 amide bonds. The Kier molecular flexibility index (Phi) is 33.2. The van der Waals surface area contributed by atoms with Gasteiger partial charge in [0.15, 0.2) is 0 Å². The Hall–Kier alpha value is -6.82. The third-order valence-electron chi connectivity index (χ3n) is 12.5. The molecule has 5 N–H and O–H groups in total. The van der Waals surface area contributed by atoms with Crippen molar-refractivity contribution >= 4 is 12.4 Å². The Morgan fingerprint density at radius 2 is 0.577 bits per heavy atom.